The Hall–Kier alpha value is -0.0800. The fourth-order valence-electron chi connectivity index (χ4n) is 5.00. The molecule has 104 valence electrons. The predicted molar refractivity (Wildman–Crippen MR) is 76.7 cm³/mol. The van der Waals surface area contributed by atoms with Crippen molar-refractivity contribution in [2.75, 3.05) is 26.7 Å². The van der Waals surface area contributed by atoms with Gasteiger partial charge in [0, 0.05) is 18.6 Å². The van der Waals surface area contributed by atoms with Crippen LogP contribution in [-0.2, 0) is 0 Å². The van der Waals surface area contributed by atoms with Crippen LogP contribution in [0.2, 0.25) is 0 Å². The molecule has 0 amide bonds. The van der Waals surface area contributed by atoms with Crippen LogP contribution in [0.4, 0.5) is 0 Å². The summed E-state index contributed by atoms with van der Waals surface area (Å²) in [7, 11) is 2.35. The van der Waals surface area contributed by atoms with Crippen molar-refractivity contribution in [3.05, 3.63) is 0 Å². The average Bonchev–Trinajstić information content (AvgIpc) is 3.04. The molecule has 0 aromatic carbocycles. The summed E-state index contributed by atoms with van der Waals surface area (Å²) >= 11 is 0. The van der Waals surface area contributed by atoms with Crippen molar-refractivity contribution in [1.82, 2.24) is 10.2 Å². The van der Waals surface area contributed by atoms with Gasteiger partial charge in [0.05, 0.1) is 0 Å². The summed E-state index contributed by atoms with van der Waals surface area (Å²) in [5.41, 5.74) is 0.437. The minimum absolute atomic E-state index is 0.437. The van der Waals surface area contributed by atoms with Gasteiger partial charge in [-0.3, -0.25) is 0 Å². The molecule has 0 radical (unpaired) electrons. The van der Waals surface area contributed by atoms with E-state index in [1.54, 1.807) is 6.42 Å². The Morgan fingerprint density at radius 2 is 2.17 bits per heavy atom. The summed E-state index contributed by atoms with van der Waals surface area (Å²) in [6.07, 6.45) is 10.2. The number of nitrogens with one attached hydrogen (secondary N) is 1. The van der Waals surface area contributed by atoms with E-state index in [4.69, 9.17) is 0 Å². The van der Waals surface area contributed by atoms with Crippen molar-refractivity contribution >= 4 is 0 Å². The molecule has 3 aliphatic rings. The molecule has 3 rings (SSSR count). The van der Waals surface area contributed by atoms with Gasteiger partial charge in [0.15, 0.2) is 0 Å². The highest BCUT2D eigenvalue weighted by Gasteiger charge is 2.40. The van der Waals surface area contributed by atoms with Crippen LogP contribution in [0.3, 0.4) is 0 Å². The first kappa shape index (κ1) is 12.9. The maximum absolute atomic E-state index is 3.77. The number of hydrogen-bond donors (Lipinski definition) is 1. The second-order valence-electron chi connectivity index (χ2n) is 7.30. The Kier molecular flexibility index (Phi) is 3.68. The summed E-state index contributed by atoms with van der Waals surface area (Å²) in [6.45, 7) is 6.20. The minimum atomic E-state index is 0.437. The van der Waals surface area contributed by atoms with Gasteiger partial charge in [-0.25, -0.2) is 0 Å². The first-order valence-electron chi connectivity index (χ1n) is 8.14. The number of likely N-dealkylation sites (N-methyl/N-ethyl adjacent to an activating group) is 1. The number of nitrogens with zero attached hydrogens (tertiary/aromatic N) is 1. The van der Waals surface area contributed by atoms with Gasteiger partial charge < -0.3 is 10.2 Å². The van der Waals surface area contributed by atoms with Crippen LogP contribution in [0.15, 0.2) is 0 Å². The second kappa shape index (κ2) is 5.13. The lowest BCUT2D eigenvalue weighted by Gasteiger charge is -2.35. The van der Waals surface area contributed by atoms with E-state index in [1.807, 2.05) is 0 Å². The van der Waals surface area contributed by atoms with Crippen LogP contribution < -0.4 is 5.32 Å². The topological polar surface area (TPSA) is 15.3 Å². The fraction of sp³-hybridized carbons (Fsp3) is 1.00. The van der Waals surface area contributed by atoms with E-state index in [-0.39, 0.29) is 0 Å². The molecule has 1 saturated heterocycles. The monoisotopic (exact) mass is 250 g/mol. The summed E-state index contributed by atoms with van der Waals surface area (Å²) in [4.78, 5) is 2.63. The van der Waals surface area contributed by atoms with Gasteiger partial charge in [-0.05, 0) is 69.9 Å². The zero-order valence-corrected chi connectivity index (χ0v) is 12.3. The molecule has 2 saturated carbocycles. The van der Waals surface area contributed by atoms with Crippen LogP contribution >= 0.6 is 0 Å². The molecule has 0 aromatic rings. The molecule has 18 heavy (non-hydrogen) atoms. The van der Waals surface area contributed by atoms with Gasteiger partial charge in [-0.2, -0.15) is 0 Å². The Morgan fingerprint density at radius 3 is 2.72 bits per heavy atom. The standard InChI is InChI=1S/C16H30N2/c1-3-16(7-4-8-17-16)12-18(2)11-15-10-13-5-6-14(15)9-13/h13-15,17H,3-12H2,1-2H3. The van der Waals surface area contributed by atoms with Crippen LogP contribution in [0.5, 0.6) is 0 Å². The van der Waals surface area contributed by atoms with Gasteiger partial charge in [0.25, 0.3) is 0 Å². The normalized spacial score (nSPS) is 43.2. The molecule has 0 spiro atoms. The molecule has 1 N–H and O–H groups in total. The third kappa shape index (κ3) is 2.46. The third-order valence-electron chi connectivity index (χ3n) is 6.01. The summed E-state index contributed by atoms with van der Waals surface area (Å²) in [6, 6.07) is 0. The van der Waals surface area contributed by atoms with Crippen LogP contribution in [-0.4, -0.2) is 37.1 Å². The third-order valence-corrected chi connectivity index (χ3v) is 6.01. The van der Waals surface area contributed by atoms with Gasteiger partial charge in [-0.1, -0.05) is 13.3 Å². The van der Waals surface area contributed by atoms with Gasteiger partial charge in [-0.15, -0.1) is 0 Å². The Bertz CT molecular complexity index is 283. The lowest BCUT2D eigenvalue weighted by Crippen LogP contribution is -2.49. The van der Waals surface area contributed by atoms with Crippen molar-refractivity contribution in [3.63, 3.8) is 0 Å². The molecule has 4 atom stereocenters. The largest absolute Gasteiger partial charge is 0.310 e. The Labute approximate surface area is 113 Å². The number of hydrogen-bond acceptors (Lipinski definition) is 2. The first-order valence-corrected chi connectivity index (χ1v) is 8.14. The molecule has 3 fully saturated rings. The second-order valence-corrected chi connectivity index (χ2v) is 7.30. The first-order chi connectivity index (χ1) is 8.71. The van der Waals surface area contributed by atoms with E-state index >= 15 is 0 Å². The molecule has 0 aromatic heterocycles. The molecule has 2 nitrogen and oxygen atoms in total. The maximum atomic E-state index is 3.77. The average molecular weight is 250 g/mol. The quantitative estimate of drug-likeness (QED) is 0.807. The SMILES string of the molecule is CCC1(CN(C)CC2CC3CCC2C3)CCCN1. The number of rotatable bonds is 5. The molecular weight excluding hydrogens is 220 g/mol. The molecule has 2 aliphatic carbocycles. The van der Waals surface area contributed by atoms with Crippen molar-refractivity contribution in [3.8, 4) is 0 Å². The Morgan fingerprint density at radius 1 is 1.28 bits per heavy atom. The fourth-order valence-corrected chi connectivity index (χ4v) is 5.00. The smallest absolute Gasteiger partial charge is 0.0306 e. The minimum Gasteiger partial charge on any atom is -0.310 e. The zero-order chi connectivity index (χ0) is 12.6. The highest BCUT2D eigenvalue weighted by molar-refractivity contribution is 4.96. The molecular formula is C16H30N2. The lowest BCUT2D eigenvalue weighted by molar-refractivity contribution is 0.170. The zero-order valence-electron chi connectivity index (χ0n) is 12.3. The van der Waals surface area contributed by atoms with Crippen LogP contribution in [0.1, 0.15) is 51.9 Å². The van der Waals surface area contributed by atoms with E-state index in [2.05, 4.69) is 24.2 Å². The Balaban J connectivity index is 1.51. The predicted octanol–water partition coefficient (Wildman–Crippen LogP) is 2.89. The van der Waals surface area contributed by atoms with E-state index in [0.29, 0.717) is 5.54 Å². The summed E-state index contributed by atoms with van der Waals surface area (Å²) in [5.74, 6) is 3.19. The van der Waals surface area contributed by atoms with E-state index in [0.717, 1.165) is 17.8 Å². The van der Waals surface area contributed by atoms with Crippen molar-refractivity contribution in [2.24, 2.45) is 17.8 Å². The van der Waals surface area contributed by atoms with Crippen LogP contribution in [0.25, 0.3) is 0 Å². The van der Waals surface area contributed by atoms with Crippen LogP contribution in [0, 0.1) is 17.8 Å². The van der Waals surface area contributed by atoms with Gasteiger partial charge in [0.2, 0.25) is 0 Å². The number of fused-ring (bicyclic) bond motifs is 2. The highest BCUT2D eigenvalue weighted by Crippen LogP contribution is 2.48. The van der Waals surface area contributed by atoms with Crippen molar-refractivity contribution in [1.29, 1.82) is 0 Å². The molecule has 2 bridgehead atoms. The van der Waals surface area contributed by atoms with E-state index in [1.165, 1.54) is 58.2 Å². The lowest BCUT2D eigenvalue weighted by atomic mass is 9.87. The highest BCUT2D eigenvalue weighted by atomic mass is 15.2. The summed E-state index contributed by atoms with van der Waals surface area (Å²) in [5, 5.41) is 3.77. The van der Waals surface area contributed by atoms with Gasteiger partial charge >= 0.3 is 0 Å². The van der Waals surface area contributed by atoms with E-state index < -0.39 is 0 Å². The summed E-state index contributed by atoms with van der Waals surface area (Å²) < 4.78 is 0. The molecule has 1 aliphatic heterocycles. The maximum Gasteiger partial charge on any atom is 0.0306 e. The van der Waals surface area contributed by atoms with Crippen molar-refractivity contribution < 1.29 is 0 Å². The molecule has 2 heteroatoms. The van der Waals surface area contributed by atoms with E-state index in [9.17, 15) is 0 Å². The van der Waals surface area contributed by atoms with Gasteiger partial charge in [0.1, 0.15) is 0 Å². The molecule has 4 unspecified atom stereocenters. The van der Waals surface area contributed by atoms with Crippen molar-refractivity contribution in [2.45, 2.75) is 57.4 Å². The molecule has 1 heterocycles.